The molecule has 0 aromatic carbocycles. The van der Waals surface area contributed by atoms with Crippen molar-refractivity contribution in [3.8, 4) is 5.75 Å². The summed E-state index contributed by atoms with van der Waals surface area (Å²) in [5.41, 5.74) is 1.48. The van der Waals surface area contributed by atoms with Gasteiger partial charge in [0.1, 0.15) is 17.0 Å². The Hall–Kier alpha value is -3.89. The molecule has 1 aliphatic carbocycles. The van der Waals surface area contributed by atoms with Gasteiger partial charge in [-0.3, -0.25) is 4.79 Å². The largest absolute Gasteiger partial charge is 0.489 e. The van der Waals surface area contributed by atoms with Gasteiger partial charge in [0, 0.05) is 44.1 Å². The molecule has 1 N–H and O–H groups in total. The van der Waals surface area contributed by atoms with E-state index in [0.717, 1.165) is 30.6 Å². The molecule has 4 heterocycles. The second-order valence-corrected chi connectivity index (χ2v) is 11.1. The van der Waals surface area contributed by atoms with Crippen LogP contribution < -0.4 is 15.0 Å². The average molecular weight is 522 g/mol. The Balaban J connectivity index is 1.25. The first-order chi connectivity index (χ1) is 18.1. The number of carbonyl (C=O) groups excluding carboxylic acids is 2. The molecule has 3 aromatic heterocycles. The number of piperazine rings is 1. The number of nitrogens with one attached hydrogen (secondary N) is 1. The van der Waals surface area contributed by atoms with Crippen molar-refractivity contribution in [2.24, 2.45) is 0 Å². The van der Waals surface area contributed by atoms with Crippen molar-refractivity contribution in [3.05, 3.63) is 41.9 Å². The van der Waals surface area contributed by atoms with Crippen LogP contribution >= 0.6 is 0 Å². The van der Waals surface area contributed by atoms with Crippen LogP contribution in [0.3, 0.4) is 0 Å². The number of imidazole rings is 1. The summed E-state index contributed by atoms with van der Waals surface area (Å²) < 4.78 is 13.5. The first kappa shape index (κ1) is 25.7. The number of aromatic nitrogens is 4. The molecule has 11 heteroatoms. The van der Waals surface area contributed by atoms with Gasteiger partial charge in [0.15, 0.2) is 11.6 Å². The number of hydrogen-bond acceptors (Lipinski definition) is 8. The maximum Gasteiger partial charge on any atom is 0.410 e. The molecule has 2 fully saturated rings. The van der Waals surface area contributed by atoms with Crippen molar-refractivity contribution >= 4 is 29.3 Å². The Labute approximate surface area is 222 Å². The van der Waals surface area contributed by atoms with Crippen LogP contribution in [0.2, 0.25) is 0 Å². The van der Waals surface area contributed by atoms with Crippen LogP contribution in [-0.4, -0.2) is 73.9 Å². The predicted octanol–water partition coefficient (Wildman–Crippen LogP) is 4.06. The van der Waals surface area contributed by atoms with E-state index >= 15 is 0 Å². The van der Waals surface area contributed by atoms with E-state index in [0.29, 0.717) is 42.6 Å². The van der Waals surface area contributed by atoms with Crippen LogP contribution in [0.1, 0.15) is 63.0 Å². The highest BCUT2D eigenvalue weighted by molar-refractivity contribution is 6.05. The fraction of sp³-hybridized carbons (Fsp3) is 0.519. The number of aryl methyl sites for hydroxylation is 1. The maximum atomic E-state index is 13.2. The van der Waals surface area contributed by atoms with E-state index in [-0.39, 0.29) is 24.1 Å². The number of amides is 2. The lowest BCUT2D eigenvalue weighted by molar-refractivity contribution is 0.0158. The van der Waals surface area contributed by atoms with Crippen molar-refractivity contribution in [2.75, 3.05) is 29.9 Å². The molecule has 2 amide bonds. The third kappa shape index (κ3) is 5.66. The molecule has 1 atom stereocenters. The van der Waals surface area contributed by atoms with Gasteiger partial charge < -0.3 is 29.0 Å². The van der Waals surface area contributed by atoms with Gasteiger partial charge in [0.05, 0.1) is 17.4 Å². The van der Waals surface area contributed by atoms with Gasteiger partial charge in [0.2, 0.25) is 0 Å². The van der Waals surface area contributed by atoms with E-state index in [1.54, 1.807) is 17.2 Å². The lowest BCUT2D eigenvalue weighted by Crippen LogP contribution is -2.55. The number of anilines is 2. The predicted molar refractivity (Wildman–Crippen MR) is 143 cm³/mol. The summed E-state index contributed by atoms with van der Waals surface area (Å²) in [6.07, 6.45) is 6.53. The van der Waals surface area contributed by atoms with E-state index in [2.05, 4.69) is 25.4 Å². The molecule has 0 bridgehead atoms. The van der Waals surface area contributed by atoms with Crippen molar-refractivity contribution in [3.63, 3.8) is 0 Å². The second-order valence-electron chi connectivity index (χ2n) is 11.1. The van der Waals surface area contributed by atoms with Crippen LogP contribution in [-0.2, 0) is 4.74 Å². The Morgan fingerprint density at radius 2 is 1.89 bits per heavy atom. The summed E-state index contributed by atoms with van der Waals surface area (Å²) in [6, 6.07) is 5.33. The summed E-state index contributed by atoms with van der Waals surface area (Å²) >= 11 is 0. The molecule has 2 aliphatic rings. The normalized spacial score (nSPS) is 18.3. The fourth-order valence-electron chi connectivity index (χ4n) is 4.58. The Kier molecular flexibility index (Phi) is 6.85. The first-order valence-corrected chi connectivity index (χ1v) is 13.1. The number of carbonyl (C=O) groups is 2. The van der Waals surface area contributed by atoms with Crippen molar-refractivity contribution in [1.82, 2.24) is 24.5 Å². The summed E-state index contributed by atoms with van der Waals surface area (Å²) in [6.45, 7) is 11.2. The summed E-state index contributed by atoms with van der Waals surface area (Å²) in [4.78, 5) is 34.1. The molecule has 5 rings (SSSR count). The number of pyridine rings is 1. The molecule has 202 valence electrons. The zero-order chi connectivity index (χ0) is 27.0. The summed E-state index contributed by atoms with van der Waals surface area (Å²) in [5.74, 6) is 1.22. The quantitative estimate of drug-likeness (QED) is 0.535. The number of fused-ring (bicyclic) bond motifs is 1. The lowest BCUT2D eigenvalue weighted by atomic mass is 9.96. The smallest absolute Gasteiger partial charge is 0.410 e. The third-order valence-electron chi connectivity index (χ3n) is 6.74. The standard InChI is InChI=1S/C27H35N7O4/c1-17-14-33-16-20(21(13-24(33)28-17)37-19-7-6-8-19)25(35)29-22-9-10-23(31-30-22)32-11-12-34(18(2)15-32)26(36)38-27(3,4)5/h9-10,13-14,16,18-19H,6-8,11-12,15H2,1-5H3,(H,29,30,35)/t18-/m0/s1. The number of rotatable bonds is 5. The Morgan fingerprint density at radius 1 is 1.11 bits per heavy atom. The van der Waals surface area contributed by atoms with Crippen LogP contribution in [0.25, 0.3) is 5.65 Å². The highest BCUT2D eigenvalue weighted by Gasteiger charge is 2.31. The zero-order valence-electron chi connectivity index (χ0n) is 22.6. The van der Waals surface area contributed by atoms with Crippen LogP contribution in [0.5, 0.6) is 5.75 Å². The van der Waals surface area contributed by atoms with Gasteiger partial charge in [-0.05, 0) is 66.0 Å². The molecular weight excluding hydrogens is 486 g/mol. The topological polar surface area (TPSA) is 114 Å². The van der Waals surface area contributed by atoms with E-state index in [4.69, 9.17) is 9.47 Å². The fourth-order valence-corrected chi connectivity index (χ4v) is 4.58. The minimum absolute atomic E-state index is 0.0457. The lowest BCUT2D eigenvalue weighted by Gasteiger charge is -2.40. The monoisotopic (exact) mass is 521 g/mol. The number of ether oxygens (including phenoxy) is 2. The second kappa shape index (κ2) is 10.1. The van der Waals surface area contributed by atoms with Gasteiger partial charge in [-0.1, -0.05) is 0 Å². The number of nitrogens with zero attached hydrogens (tertiary/aromatic N) is 6. The molecule has 0 radical (unpaired) electrons. The highest BCUT2D eigenvalue weighted by Crippen LogP contribution is 2.29. The van der Waals surface area contributed by atoms with Crippen LogP contribution in [0, 0.1) is 6.92 Å². The molecule has 1 aliphatic heterocycles. The summed E-state index contributed by atoms with van der Waals surface area (Å²) in [7, 11) is 0. The Bertz CT molecular complexity index is 1330. The first-order valence-electron chi connectivity index (χ1n) is 13.1. The zero-order valence-corrected chi connectivity index (χ0v) is 22.6. The molecule has 0 spiro atoms. The van der Waals surface area contributed by atoms with Crippen molar-refractivity contribution in [2.45, 2.75) is 71.6 Å². The third-order valence-corrected chi connectivity index (χ3v) is 6.74. The van der Waals surface area contributed by atoms with Crippen molar-refractivity contribution in [1.29, 1.82) is 0 Å². The van der Waals surface area contributed by atoms with Gasteiger partial charge in [-0.25, -0.2) is 9.78 Å². The highest BCUT2D eigenvalue weighted by atomic mass is 16.6. The molecule has 38 heavy (non-hydrogen) atoms. The molecule has 0 unspecified atom stereocenters. The SMILES string of the molecule is Cc1cn2cc(C(=O)Nc3ccc(N4CCN(C(=O)OC(C)(C)C)[C@@H](C)C4)nn3)c(OC3CCC3)cc2n1. The minimum atomic E-state index is -0.534. The Morgan fingerprint density at radius 3 is 2.53 bits per heavy atom. The minimum Gasteiger partial charge on any atom is -0.489 e. The van der Waals surface area contributed by atoms with Crippen molar-refractivity contribution < 1.29 is 19.1 Å². The molecule has 1 saturated carbocycles. The van der Waals surface area contributed by atoms with Gasteiger partial charge in [-0.15, -0.1) is 10.2 Å². The van der Waals surface area contributed by atoms with Gasteiger partial charge in [-0.2, -0.15) is 0 Å². The van der Waals surface area contributed by atoms with Crippen LogP contribution in [0.4, 0.5) is 16.4 Å². The van der Waals surface area contributed by atoms with E-state index in [1.807, 2.05) is 57.3 Å². The van der Waals surface area contributed by atoms with E-state index in [9.17, 15) is 9.59 Å². The number of hydrogen-bond donors (Lipinski definition) is 1. The van der Waals surface area contributed by atoms with Crippen LogP contribution in [0.15, 0.2) is 30.6 Å². The maximum absolute atomic E-state index is 13.2. The molecule has 1 saturated heterocycles. The van der Waals surface area contributed by atoms with Gasteiger partial charge >= 0.3 is 6.09 Å². The average Bonchev–Trinajstić information content (AvgIpc) is 3.19. The summed E-state index contributed by atoms with van der Waals surface area (Å²) in [5, 5.41) is 11.4. The van der Waals surface area contributed by atoms with Gasteiger partial charge in [0.25, 0.3) is 5.91 Å². The molecular formula is C27H35N7O4. The van der Waals surface area contributed by atoms with E-state index in [1.165, 1.54) is 0 Å². The molecule has 11 nitrogen and oxygen atoms in total. The molecule has 3 aromatic rings. The van der Waals surface area contributed by atoms with E-state index < -0.39 is 5.60 Å².